The van der Waals surface area contributed by atoms with Crippen molar-refractivity contribution in [2.45, 2.75) is 39.2 Å². The number of rotatable bonds is 11. The Bertz CT molecular complexity index is 266. The highest BCUT2D eigenvalue weighted by Crippen LogP contribution is 2.22. The fourth-order valence-electron chi connectivity index (χ4n) is 1.77. The molecule has 0 rings (SSSR count). The molecule has 0 N–H and O–H groups in total. The van der Waals surface area contributed by atoms with Gasteiger partial charge in [0.15, 0.2) is 6.79 Å². The monoisotopic (exact) mass is 290 g/mol. The van der Waals surface area contributed by atoms with Gasteiger partial charge in [0.2, 0.25) is 0 Å². The molecule has 0 spiro atoms. The van der Waals surface area contributed by atoms with Crippen molar-refractivity contribution in [1.82, 2.24) is 0 Å². The Kier molecular flexibility index (Phi) is 9.77. The van der Waals surface area contributed by atoms with Crippen molar-refractivity contribution in [3.63, 3.8) is 0 Å². The minimum atomic E-state index is -2.73. The van der Waals surface area contributed by atoms with Crippen LogP contribution >= 0.6 is 0 Å². The van der Waals surface area contributed by atoms with E-state index < -0.39 is 14.8 Å². The molecule has 0 aliphatic rings. The van der Waals surface area contributed by atoms with Gasteiger partial charge >= 0.3 is 14.8 Å². The molecule has 0 saturated carbocycles. The lowest BCUT2D eigenvalue weighted by atomic mass is 10.0. The maximum absolute atomic E-state index is 10.9. The minimum Gasteiger partial charge on any atom is -0.436 e. The molecule has 0 fully saturated rings. The van der Waals surface area contributed by atoms with E-state index in [0.29, 0.717) is 12.0 Å². The number of carbonyl (C=O) groups excluding carboxylic acids is 1. The molecule has 0 aromatic rings. The molecule has 0 amide bonds. The predicted octanol–water partition coefficient (Wildman–Crippen LogP) is 2.75. The molecule has 19 heavy (non-hydrogen) atoms. The van der Waals surface area contributed by atoms with Crippen LogP contribution in [-0.4, -0.2) is 35.8 Å². The zero-order chi connectivity index (χ0) is 14.7. The first-order chi connectivity index (χ1) is 9.03. The average Bonchev–Trinajstić information content (AvgIpc) is 2.43. The summed E-state index contributed by atoms with van der Waals surface area (Å²) in [5.74, 6) is 0.0796. The van der Waals surface area contributed by atoms with Gasteiger partial charge < -0.3 is 18.0 Å². The van der Waals surface area contributed by atoms with Gasteiger partial charge in [-0.3, -0.25) is 0 Å². The predicted molar refractivity (Wildman–Crippen MR) is 75.5 cm³/mol. The van der Waals surface area contributed by atoms with Gasteiger partial charge in [0.05, 0.1) is 0 Å². The average molecular weight is 290 g/mol. The van der Waals surface area contributed by atoms with Crippen LogP contribution in [-0.2, 0) is 22.8 Å². The Labute approximate surface area is 117 Å². The number of hydrogen-bond donors (Lipinski definition) is 0. The second-order valence-electron chi connectivity index (χ2n) is 4.45. The largest absolute Gasteiger partial charge is 0.502 e. The normalized spacial score (nSPS) is 13.1. The molecule has 1 unspecified atom stereocenters. The highest BCUT2D eigenvalue weighted by Gasteiger charge is 2.39. The van der Waals surface area contributed by atoms with Gasteiger partial charge in [0, 0.05) is 26.3 Å². The zero-order valence-corrected chi connectivity index (χ0v) is 13.4. The number of hydrogen-bond acceptors (Lipinski definition) is 5. The van der Waals surface area contributed by atoms with Gasteiger partial charge in [-0.05, 0) is 12.3 Å². The van der Waals surface area contributed by atoms with E-state index in [0.717, 1.165) is 18.9 Å². The molecule has 5 nitrogen and oxygen atoms in total. The molecule has 0 radical (unpaired) electrons. The van der Waals surface area contributed by atoms with E-state index in [2.05, 4.69) is 20.4 Å². The summed E-state index contributed by atoms with van der Waals surface area (Å²) in [5, 5.41) is 0. The molecule has 0 saturated heterocycles. The van der Waals surface area contributed by atoms with Gasteiger partial charge in [-0.25, -0.2) is 4.79 Å². The Morgan fingerprint density at radius 2 is 1.95 bits per heavy atom. The van der Waals surface area contributed by atoms with Crippen LogP contribution in [0.15, 0.2) is 12.7 Å². The summed E-state index contributed by atoms with van der Waals surface area (Å²) in [6.07, 6.45) is 4.39. The van der Waals surface area contributed by atoms with Gasteiger partial charge in [-0.1, -0.05) is 33.3 Å². The van der Waals surface area contributed by atoms with E-state index in [9.17, 15) is 4.79 Å². The Morgan fingerprint density at radius 1 is 1.32 bits per heavy atom. The summed E-state index contributed by atoms with van der Waals surface area (Å²) in [4.78, 5) is 10.9. The van der Waals surface area contributed by atoms with E-state index in [1.165, 1.54) is 6.42 Å². The van der Waals surface area contributed by atoms with Crippen LogP contribution in [0.3, 0.4) is 0 Å². The van der Waals surface area contributed by atoms with Crippen molar-refractivity contribution < 1.29 is 22.8 Å². The first-order valence-corrected chi connectivity index (χ1v) is 8.50. The van der Waals surface area contributed by atoms with Crippen molar-refractivity contribution >= 4 is 14.8 Å². The van der Waals surface area contributed by atoms with Gasteiger partial charge in [-0.2, -0.15) is 0 Å². The SMILES string of the molecule is C=CC(=O)OCO[Si](CCC(C)CCC)(OC)OC. The standard InChI is InChI=1S/C13H26O5Si/c1-6-8-12(3)9-10-19(15-4,16-5)18-11-17-13(14)7-2/h7,12H,2,6,8-11H2,1,3-5H3. The summed E-state index contributed by atoms with van der Waals surface area (Å²) < 4.78 is 21.1. The van der Waals surface area contributed by atoms with E-state index in [1.807, 2.05) is 0 Å². The molecule has 112 valence electrons. The molecule has 0 aliphatic heterocycles. The Hall–Kier alpha value is -0.693. The summed E-state index contributed by atoms with van der Waals surface area (Å²) in [6.45, 7) is 7.51. The van der Waals surface area contributed by atoms with Gasteiger partial charge in [0.25, 0.3) is 0 Å². The summed E-state index contributed by atoms with van der Waals surface area (Å²) >= 11 is 0. The molecule has 6 heteroatoms. The highest BCUT2D eigenvalue weighted by atomic mass is 28.4. The summed E-state index contributed by atoms with van der Waals surface area (Å²) in [7, 11) is 0.404. The van der Waals surface area contributed by atoms with Crippen molar-refractivity contribution in [3.05, 3.63) is 12.7 Å². The first-order valence-electron chi connectivity index (χ1n) is 6.57. The quantitative estimate of drug-likeness (QED) is 0.253. The molecule has 0 aliphatic carbocycles. The van der Waals surface area contributed by atoms with E-state index in [-0.39, 0.29) is 6.79 Å². The number of ether oxygens (including phenoxy) is 1. The Morgan fingerprint density at radius 3 is 2.42 bits per heavy atom. The van der Waals surface area contributed by atoms with Crippen LogP contribution in [0.1, 0.15) is 33.1 Å². The lowest BCUT2D eigenvalue weighted by Gasteiger charge is -2.27. The molecule has 0 aromatic carbocycles. The fourth-order valence-corrected chi connectivity index (χ4v) is 3.81. The summed E-state index contributed by atoms with van der Waals surface area (Å²) in [6, 6.07) is 0.715. The minimum absolute atomic E-state index is 0.166. The van der Waals surface area contributed by atoms with Crippen LogP contribution in [0.4, 0.5) is 0 Å². The lowest BCUT2D eigenvalue weighted by molar-refractivity contribution is -0.146. The van der Waals surface area contributed by atoms with Crippen molar-refractivity contribution in [2.24, 2.45) is 5.92 Å². The Balaban J connectivity index is 4.24. The van der Waals surface area contributed by atoms with Crippen LogP contribution in [0, 0.1) is 5.92 Å². The number of esters is 1. The van der Waals surface area contributed by atoms with Crippen molar-refractivity contribution in [3.8, 4) is 0 Å². The van der Waals surface area contributed by atoms with Crippen molar-refractivity contribution in [1.29, 1.82) is 0 Å². The third-order valence-corrected chi connectivity index (χ3v) is 5.70. The lowest BCUT2D eigenvalue weighted by Crippen LogP contribution is -2.44. The third-order valence-electron chi connectivity index (χ3n) is 2.99. The highest BCUT2D eigenvalue weighted by molar-refractivity contribution is 6.60. The maximum atomic E-state index is 10.9. The van der Waals surface area contributed by atoms with E-state index in [1.54, 1.807) is 14.2 Å². The zero-order valence-electron chi connectivity index (χ0n) is 12.4. The molecule has 0 heterocycles. The van der Waals surface area contributed by atoms with Crippen LogP contribution in [0.5, 0.6) is 0 Å². The van der Waals surface area contributed by atoms with Crippen molar-refractivity contribution in [2.75, 3.05) is 21.0 Å². The number of carbonyl (C=O) groups is 1. The molecular weight excluding hydrogens is 264 g/mol. The third kappa shape index (κ3) is 7.46. The topological polar surface area (TPSA) is 54.0 Å². The van der Waals surface area contributed by atoms with Crippen LogP contribution < -0.4 is 0 Å². The van der Waals surface area contributed by atoms with E-state index >= 15 is 0 Å². The van der Waals surface area contributed by atoms with Gasteiger partial charge in [0.1, 0.15) is 0 Å². The fraction of sp³-hybridized carbons (Fsp3) is 0.769. The van der Waals surface area contributed by atoms with E-state index in [4.69, 9.17) is 18.0 Å². The maximum Gasteiger partial charge on any atom is 0.502 e. The molecule has 0 aromatic heterocycles. The second kappa shape index (κ2) is 10.1. The van der Waals surface area contributed by atoms with Gasteiger partial charge in [-0.15, -0.1) is 0 Å². The van der Waals surface area contributed by atoms with Crippen LogP contribution in [0.2, 0.25) is 6.04 Å². The second-order valence-corrected chi connectivity index (χ2v) is 7.42. The first kappa shape index (κ1) is 18.3. The van der Waals surface area contributed by atoms with Crippen LogP contribution in [0.25, 0.3) is 0 Å². The molecule has 0 bridgehead atoms. The molecule has 1 atom stereocenters. The summed E-state index contributed by atoms with van der Waals surface area (Å²) in [5.41, 5.74) is 0. The molecular formula is C13H26O5Si. The smallest absolute Gasteiger partial charge is 0.436 e.